The van der Waals surface area contributed by atoms with Crippen LogP contribution in [0.1, 0.15) is 29.0 Å². The molecule has 1 amide bonds. The summed E-state index contributed by atoms with van der Waals surface area (Å²) in [4.78, 5) is 29.7. The van der Waals surface area contributed by atoms with Crippen molar-refractivity contribution in [2.24, 2.45) is 0 Å². The molecule has 25 heavy (non-hydrogen) atoms. The van der Waals surface area contributed by atoms with Gasteiger partial charge in [0.2, 0.25) is 0 Å². The van der Waals surface area contributed by atoms with Crippen molar-refractivity contribution in [3.63, 3.8) is 0 Å². The van der Waals surface area contributed by atoms with E-state index >= 15 is 0 Å². The van der Waals surface area contributed by atoms with Gasteiger partial charge < -0.3 is 5.32 Å². The molecular weight excluding hydrogens is 338 g/mol. The summed E-state index contributed by atoms with van der Waals surface area (Å²) in [5.41, 5.74) is 1.56. The predicted molar refractivity (Wildman–Crippen MR) is 98.3 cm³/mol. The average molecular weight is 354 g/mol. The van der Waals surface area contributed by atoms with Crippen LogP contribution in [0.3, 0.4) is 0 Å². The SMILES string of the molecule is O=C(Nc1ccc2nc3n(c(=O)c2c1)CCCC3)c1ccccc1Cl. The van der Waals surface area contributed by atoms with Crippen molar-refractivity contribution in [3.8, 4) is 0 Å². The van der Waals surface area contributed by atoms with Crippen molar-refractivity contribution in [1.82, 2.24) is 9.55 Å². The minimum Gasteiger partial charge on any atom is -0.322 e. The zero-order valence-corrected chi connectivity index (χ0v) is 14.2. The monoisotopic (exact) mass is 353 g/mol. The number of benzene rings is 2. The van der Waals surface area contributed by atoms with Gasteiger partial charge in [-0.25, -0.2) is 4.98 Å². The number of halogens is 1. The van der Waals surface area contributed by atoms with Gasteiger partial charge in [0.25, 0.3) is 11.5 Å². The van der Waals surface area contributed by atoms with Gasteiger partial charge in [0, 0.05) is 18.7 Å². The summed E-state index contributed by atoms with van der Waals surface area (Å²) in [6, 6.07) is 12.1. The Morgan fingerprint density at radius 1 is 1.16 bits per heavy atom. The van der Waals surface area contributed by atoms with E-state index in [9.17, 15) is 9.59 Å². The molecule has 4 rings (SSSR count). The van der Waals surface area contributed by atoms with Crippen LogP contribution < -0.4 is 10.9 Å². The molecule has 1 aliphatic heterocycles. The molecule has 2 heterocycles. The summed E-state index contributed by atoms with van der Waals surface area (Å²) < 4.78 is 1.74. The number of anilines is 1. The first-order valence-electron chi connectivity index (χ1n) is 8.23. The van der Waals surface area contributed by atoms with Crippen LogP contribution in [0.2, 0.25) is 5.02 Å². The van der Waals surface area contributed by atoms with E-state index in [1.54, 1.807) is 47.0 Å². The predicted octanol–water partition coefficient (Wildman–Crippen LogP) is 3.64. The van der Waals surface area contributed by atoms with E-state index < -0.39 is 0 Å². The Morgan fingerprint density at radius 2 is 2.00 bits per heavy atom. The highest BCUT2D eigenvalue weighted by molar-refractivity contribution is 6.34. The zero-order chi connectivity index (χ0) is 17.4. The molecule has 0 fully saturated rings. The number of nitrogens with zero attached hydrogens (tertiary/aromatic N) is 2. The summed E-state index contributed by atoms with van der Waals surface area (Å²) in [6.07, 6.45) is 2.88. The Labute approximate surface area is 149 Å². The van der Waals surface area contributed by atoms with E-state index in [-0.39, 0.29) is 11.5 Å². The Morgan fingerprint density at radius 3 is 2.84 bits per heavy atom. The van der Waals surface area contributed by atoms with Crippen molar-refractivity contribution in [3.05, 3.63) is 69.2 Å². The molecule has 1 aliphatic rings. The van der Waals surface area contributed by atoms with Gasteiger partial charge in [-0.2, -0.15) is 0 Å². The maximum Gasteiger partial charge on any atom is 0.261 e. The molecule has 0 unspecified atom stereocenters. The Bertz CT molecular complexity index is 1040. The van der Waals surface area contributed by atoms with E-state index in [4.69, 9.17) is 11.6 Å². The number of nitrogens with one attached hydrogen (secondary N) is 1. The van der Waals surface area contributed by atoms with Crippen molar-refractivity contribution in [1.29, 1.82) is 0 Å². The fourth-order valence-corrected chi connectivity index (χ4v) is 3.38. The topological polar surface area (TPSA) is 64.0 Å². The zero-order valence-electron chi connectivity index (χ0n) is 13.5. The van der Waals surface area contributed by atoms with Crippen LogP contribution in [0.15, 0.2) is 47.3 Å². The molecule has 5 nitrogen and oxygen atoms in total. The number of aryl methyl sites for hydroxylation is 1. The molecule has 0 bridgehead atoms. The largest absolute Gasteiger partial charge is 0.322 e. The summed E-state index contributed by atoms with van der Waals surface area (Å²) in [7, 11) is 0. The summed E-state index contributed by atoms with van der Waals surface area (Å²) in [5.74, 6) is 0.535. The number of carbonyl (C=O) groups excluding carboxylic acids is 1. The molecule has 126 valence electrons. The molecule has 0 aliphatic carbocycles. The average Bonchev–Trinajstić information content (AvgIpc) is 2.63. The lowest BCUT2D eigenvalue weighted by Gasteiger charge is -2.18. The molecule has 0 radical (unpaired) electrons. The van der Waals surface area contributed by atoms with E-state index in [0.29, 0.717) is 33.7 Å². The van der Waals surface area contributed by atoms with Crippen LogP contribution >= 0.6 is 11.6 Å². The number of hydrogen-bond donors (Lipinski definition) is 1. The number of amides is 1. The first-order valence-corrected chi connectivity index (χ1v) is 8.60. The number of rotatable bonds is 2. The summed E-state index contributed by atoms with van der Waals surface area (Å²) in [5, 5.41) is 3.70. The summed E-state index contributed by atoms with van der Waals surface area (Å²) in [6.45, 7) is 0.702. The van der Waals surface area contributed by atoms with Gasteiger partial charge in [-0.15, -0.1) is 0 Å². The lowest BCUT2D eigenvalue weighted by Crippen LogP contribution is -2.28. The second kappa shape index (κ2) is 6.33. The fourth-order valence-electron chi connectivity index (χ4n) is 3.16. The lowest BCUT2D eigenvalue weighted by atomic mass is 10.1. The molecule has 0 atom stereocenters. The van der Waals surface area contributed by atoms with E-state index in [1.807, 2.05) is 0 Å². The standard InChI is InChI=1S/C19H16ClN3O2/c20-15-6-2-1-5-13(15)18(24)21-12-8-9-16-14(11-12)19(25)23-10-4-3-7-17(23)22-16/h1-2,5-6,8-9,11H,3-4,7,10H2,(H,21,24). The molecule has 1 N–H and O–H groups in total. The third-order valence-electron chi connectivity index (χ3n) is 4.44. The second-order valence-corrected chi connectivity index (χ2v) is 6.52. The molecule has 2 aromatic carbocycles. The molecule has 1 aromatic heterocycles. The second-order valence-electron chi connectivity index (χ2n) is 6.11. The van der Waals surface area contributed by atoms with Gasteiger partial charge in [0.05, 0.1) is 21.5 Å². The van der Waals surface area contributed by atoms with Gasteiger partial charge in [-0.1, -0.05) is 23.7 Å². The third-order valence-corrected chi connectivity index (χ3v) is 4.77. The van der Waals surface area contributed by atoms with Gasteiger partial charge in [0.1, 0.15) is 5.82 Å². The first-order chi connectivity index (χ1) is 12.1. The number of fused-ring (bicyclic) bond motifs is 2. The molecule has 6 heteroatoms. The van der Waals surface area contributed by atoms with Gasteiger partial charge in [0.15, 0.2) is 0 Å². The highest BCUT2D eigenvalue weighted by Gasteiger charge is 2.16. The highest BCUT2D eigenvalue weighted by Crippen LogP contribution is 2.20. The van der Waals surface area contributed by atoms with Crippen molar-refractivity contribution in [2.75, 3.05) is 5.32 Å². The maximum absolute atomic E-state index is 12.7. The maximum atomic E-state index is 12.7. The van der Waals surface area contributed by atoms with E-state index in [1.165, 1.54) is 0 Å². The minimum absolute atomic E-state index is 0.0476. The number of hydrogen-bond acceptors (Lipinski definition) is 3. The van der Waals surface area contributed by atoms with Gasteiger partial charge >= 0.3 is 0 Å². The number of carbonyl (C=O) groups is 1. The van der Waals surface area contributed by atoms with Crippen LogP contribution in [0.25, 0.3) is 10.9 Å². The smallest absolute Gasteiger partial charge is 0.261 e. The lowest BCUT2D eigenvalue weighted by molar-refractivity contribution is 0.102. The molecule has 0 saturated heterocycles. The fraction of sp³-hybridized carbons (Fsp3) is 0.211. The van der Waals surface area contributed by atoms with Crippen LogP contribution in [-0.4, -0.2) is 15.5 Å². The third kappa shape index (κ3) is 2.91. The molecule has 0 saturated carbocycles. The molecule has 3 aromatic rings. The van der Waals surface area contributed by atoms with Crippen molar-refractivity contribution in [2.45, 2.75) is 25.8 Å². The first kappa shape index (κ1) is 15.8. The van der Waals surface area contributed by atoms with Gasteiger partial charge in [-0.3, -0.25) is 14.2 Å². The normalized spacial score (nSPS) is 13.5. The van der Waals surface area contributed by atoms with Crippen LogP contribution in [0.4, 0.5) is 5.69 Å². The van der Waals surface area contributed by atoms with E-state index in [2.05, 4.69) is 10.3 Å². The van der Waals surface area contributed by atoms with Crippen molar-refractivity contribution < 1.29 is 4.79 Å². The minimum atomic E-state index is -0.309. The summed E-state index contributed by atoms with van der Waals surface area (Å²) >= 11 is 6.06. The molecule has 0 spiro atoms. The quantitative estimate of drug-likeness (QED) is 0.765. The Hall–Kier alpha value is -2.66. The van der Waals surface area contributed by atoms with Crippen molar-refractivity contribution >= 4 is 34.1 Å². The van der Waals surface area contributed by atoms with E-state index in [0.717, 1.165) is 25.1 Å². The number of aromatic nitrogens is 2. The Kier molecular flexibility index (Phi) is 4.01. The highest BCUT2D eigenvalue weighted by atomic mass is 35.5. The van der Waals surface area contributed by atoms with Gasteiger partial charge in [-0.05, 0) is 43.2 Å². The molecular formula is C19H16ClN3O2. The Balaban J connectivity index is 1.72. The van der Waals surface area contributed by atoms with Crippen LogP contribution in [-0.2, 0) is 13.0 Å². The van der Waals surface area contributed by atoms with Crippen LogP contribution in [0.5, 0.6) is 0 Å². The van der Waals surface area contributed by atoms with Crippen LogP contribution in [0, 0.1) is 0 Å².